The SMILES string of the molecule is CNCC(O)c1ccc2c(c1)c(Cl)nn2C. The van der Waals surface area contributed by atoms with Gasteiger partial charge in [-0.1, -0.05) is 17.7 Å². The van der Waals surface area contributed by atoms with Gasteiger partial charge in [-0.2, -0.15) is 5.10 Å². The van der Waals surface area contributed by atoms with E-state index in [2.05, 4.69) is 10.4 Å². The van der Waals surface area contributed by atoms with Gasteiger partial charge >= 0.3 is 0 Å². The van der Waals surface area contributed by atoms with Crippen molar-refractivity contribution >= 4 is 22.5 Å². The lowest BCUT2D eigenvalue weighted by atomic mass is 10.1. The Morgan fingerprint density at radius 1 is 1.56 bits per heavy atom. The van der Waals surface area contributed by atoms with E-state index in [1.807, 2.05) is 25.2 Å². The average molecular weight is 240 g/mol. The zero-order valence-corrected chi connectivity index (χ0v) is 9.99. The fourth-order valence-corrected chi connectivity index (χ4v) is 2.02. The van der Waals surface area contributed by atoms with Crippen LogP contribution in [0.1, 0.15) is 11.7 Å². The maximum atomic E-state index is 9.84. The molecule has 0 fully saturated rings. The molecule has 0 aliphatic heterocycles. The number of likely N-dealkylation sites (N-methyl/N-ethyl adjacent to an activating group) is 1. The number of benzene rings is 1. The first-order valence-corrected chi connectivity index (χ1v) is 5.46. The predicted octanol–water partition coefficient (Wildman–Crippen LogP) is 1.48. The number of hydrogen-bond acceptors (Lipinski definition) is 3. The van der Waals surface area contributed by atoms with Crippen LogP contribution in [0.15, 0.2) is 18.2 Å². The Hall–Kier alpha value is -1.10. The van der Waals surface area contributed by atoms with Crippen molar-refractivity contribution in [1.82, 2.24) is 15.1 Å². The van der Waals surface area contributed by atoms with E-state index in [1.165, 1.54) is 0 Å². The van der Waals surface area contributed by atoms with Gasteiger partial charge in [0, 0.05) is 19.0 Å². The highest BCUT2D eigenvalue weighted by molar-refractivity contribution is 6.34. The maximum absolute atomic E-state index is 9.84. The minimum Gasteiger partial charge on any atom is -0.387 e. The molecule has 1 aromatic heterocycles. The van der Waals surface area contributed by atoms with Gasteiger partial charge in [0.25, 0.3) is 0 Å². The number of nitrogens with zero attached hydrogens (tertiary/aromatic N) is 2. The second-order valence-electron chi connectivity index (χ2n) is 3.76. The van der Waals surface area contributed by atoms with Gasteiger partial charge in [-0.25, -0.2) is 0 Å². The van der Waals surface area contributed by atoms with Crippen LogP contribution < -0.4 is 5.32 Å². The van der Waals surface area contributed by atoms with Crippen LogP contribution in [0, 0.1) is 0 Å². The fraction of sp³-hybridized carbons (Fsp3) is 0.364. The lowest BCUT2D eigenvalue weighted by molar-refractivity contribution is 0.178. The van der Waals surface area contributed by atoms with Crippen LogP contribution in [0.4, 0.5) is 0 Å². The van der Waals surface area contributed by atoms with Crippen LogP contribution in [0.5, 0.6) is 0 Å². The normalized spacial score (nSPS) is 13.2. The molecular weight excluding hydrogens is 226 g/mol. The number of nitrogens with one attached hydrogen (secondary N) is 1. The van der Waals surface area contributed by atoms with Crippen LogP contribution >= 0.6 is 11.6 Å². The lowest BCUT2D eigenvalue weighted by Crippen LogP contribution is -2.16. The van der Waals surface area contributed by atoms with Crippen molar-refractivity contribution in [3.63, 3.8) is 0 Å². The molecule has 1 aromatic carbocycles. The van der Waals surface area contributed by atoms with Gasteiger partial charge < -0.3 is 10.4 Å². The summed E-state index contributed by atoms with van der Waals surface area (Å²) >= 11 is 6.00. The molecule has 0 saturated carbocycles. The summed E-state index contributed by atoms with van der Waals surface area (Å²) in [5, 5.41) is 18.2. The van der Waals surface area contributed by atoms with E-state index in [1.54, 1.807) is 11.7 Å². The summed E-state index contributed by atoms with van der Waals surface area (Å²) in [5.74, 6) is 0. The molecule has 1 heterocycles. The quantitative estimate of drug-likeness (QED) is 0.853. The molecule has 1 unspecified atom stereocenters. The van der Waals surface area contributed by atoms with Crippen LogP contribution in [0.2, 0.25) is 5.15 Å². The third kappa shape index (κ3) is 1.91. The zero-order chi connectivity index (χ0) is 11.7. The summed E-state index contributed by atoms with van der Waals surface area (Å²) in [6.45, 7) is 0.517. The largest absolute Gasteiger partial charge is 0.387 e. The van der Waals surface area contributed by atoms with E-state index in [0.717, 1.165) is 16.5 Å². The minimum absolute atomic E-state index is 0.469. The Bertz CT molecular complexity index is 509. The molecule has 2 aromatic rings. The third-order valence-corrected chi connectivity index (χ3v) is 2.89. The van der Waals surface area contributed by atoms with Crippen molar-refractivity contribution in [2.24, 2.45) is 7.05 Å². The summed E-state index contributed by atoms with van der Waals surface area (Å²) in [4.78, 5) is 0. The number of aryl methyl sites for hydroxylation is 1. The summed E-state index contributed by atoms with van der Waals surface area (Å²) < 4.78 is 1.73. The minimum atomic E-state index is -0.523. The molecular formula is C11H14ClN3O. The Kier molecular flexibility index (Phi) is 3.14. The molecule has 0 aliphatic carbocycles. The first-order chi connectivity index (χ1) is 7.63. The molecule has 0 radical (unpaired) electrons. The van der Waals surface area contributed by atoms with Gasteiger partial charge in [-0.3, -0.25) is 4.68 Å². The van der Waals surface area contributed by atoms with Crippen LogP contribution in [0.3, 0.4) is 0 Å². The molecule has 0 saturated heterocycles. The standard InChI is InChI=1S/C11H14ClN3O/c1-13-6-10(16)7-3-4-9-8(5-7)11(12)14-15(9)2/h3-5,10,13,16H,6H2,1-2H3. The van der Waals surface area contributed by atoms with Gasteiger partial charge in [0.2, 0.25) is 0 Å². The number of aliphatic hydroxyl groups excluding tert-OH is 1. The molecule has 0 aliphatic rings. The number of fused-ring (bicyclic) bond motifs is 1. The van der Waals surface area contributed by atoms with Crippen molar-refractivity contribution in [3.8, 4) is 0 Å². The molecule has 0 bridgehead atoms. The summed E-state index contributed by atoms with van der Waals surface area (Å²) in [7, 11) is 3.65. The maximum Gasteiger partial charge on any atom is 0.158 e. The molecule has 0 spiro atoms. The zero-order valence-electron chi connectivity index (χ0n) is 9.24. The summed E-state index contributed by atoms with van der Waals surface area (Å²) in [6, 6.07) is 5.69. The monoisotopic (exact) mass is 239 g/mol. The van der Waals surface area contributed by atoms with Gasteiger partial charge in [0.05, 0.1) is 11.6 Å². The Balaban J connectivity index is 2.47. The first kappa shape index (κ1) is 11.4. The van der Waals surface area contributed by atoms with E-state index in [9.17, 15) is 5.11 Å². The molecule has 2 rings (SSSR count). The predicted molar refractivity (Wildman–Crippen MR) is 64.6 cm³/mol. The number of halogens is 1. The van der Waals surface area contributed by atoms with E-state index in [4.69, 9.17) is 11.6 Å². The van der Waals surface area contributed by atoms with E-state index >= 15 is 0 Å². The second-order valence-corrected chi connectivity index (χ2v) is 4.12. The lowest BCUT2D eigenvalue weighted by Gasteiger charge is -2.10. The molecule has 4 nitrogen and oxygen atoms in total. The Morgan fingerprint density at radius 2 is 2.31 bits per heavy atom. The number of hydrogen-bond donors (Lipinski definition) is 2. The van der Waals surface area contributed by atoms with Crippen molar-refractivity contribution in [1.29, 1.82) is 0 Å². The van der Waals surface area contributed by atoms with E-state index in [-0.39, 0.29) is 0 Å². The van der Waals surface area contributed by atoms with Gasteiger partial charge in [0.15, 0.2) is 5.15 Å². The van der Waals surface area contributed by atoms with Crippen LogP contribution in [-0.4, -0.2) is 28.5 Å². The number of rotatable bonds is 3. The second kappa shape index (κ2) is 4.41. The molecule has 16 heavy (non-hydrogen) atoms. The first-order valence-electron chi connectivity index (χ1n) is 5.08. The van der Waals surface area contributed by atoms with Crippen molar-refractivity contribution in [3.05, 3.63) is 28.9 Å². The van der Waals surface area contributed by atoms with Gasteiger partial charge in [-0.05, 0) is 24.7 Å². The van der Waals surface area contributed by atoms with Crippen molar-refractivity contribution in [2.45, 2.75) is 6.10 Å². The fourth-order valence-electron chi connectivity index (χ4n) is 1.76. The molecule has 2 N–H and O–H groups in total. The highest BCUT2D eigenvalue weighted by Gasteiger charge is 2.11. The summed E-state index contributed by atoms with van der Waals surface area (Å²) in [5.41, 5.74) is 1.81. The van der Waals surface area contributed by atoms with Crippen molar-refractivity contribution < 1.29 is 5.11 Å². The number of aliphatic hydroxyl groups is 1. The Labute approximate surface area is 98.8 Å². The third-order valence-electron chi connectivity index (χ3n) is 2.61. The molecule has 86 valence electrons. The van der Waals surface area contributed by atoms with E-state index in [0.29, 0.717) is 11.7 Å². The Morgan fingerprint density at radius 3 is 3.00 bits per heavy atom. The van der Waals surface area contributed by atoms with E-state index < -0.39 is 6.10 Å². The topological polar surface area (TPSA) is 50.1 Å². The van der Waals surface area contributed by atoms with Crippen LogP contribution in [0.25, 0.3) is 10.9 Å². The van der Waals surface area contributed by atoms with Gasteiger partial charge in [-0.15, -0.1) is 0 Å². The molecule has 5 heteroatoms. The summed E-state index contributed by atoms with van der Waals surface area (Å²) in [6.07, 6.45) is -0.523. The highest BCUT2D eigenvalue weighted by Crippen LogP contribution is 2.25. The average Bonchev–Trinajstić information content (AvgIpc) is 2.55. The van der Waals surface area contributed by atoms with Gasteiger partial charge in [0.1, 0.15) is 0 Å². The number of aromatic nitrogens is 2. The highest BCUT2D eigenvalue weighted by atomic mass is 35.5. The van der Waals surface area contributed by atoms with Crippen molar-refractivity contribution in [2.75, 3.05) is 13.6 Å². The smallest absolute Gasteiger partial charge is 0.158 e. The molecule has 0 amide bonds. The molecule has 1 atom stereocenters. The van der Waals surface area contributed by atoms with Crippen LogP contribution in [-0.2, 0) is 7.05 Å².